The third-order valence-corrected chi connectivity index (χ3v) is 3.80. The summed E-state index contributed by atoms with van der Waals surface area (Å²) >= 11 is 0. The summed E-state index contributed by atoms with van der Waals surface area (Å²) in [6.07, 6.45) is 1.17. The predicted molar refractivity (Wildman–Crippen MR) is 53.0 cm³/mol. The van der Waals surface area contributed by atoms with E-state index in [4.69, 9.17) is 14.7 Å². The Labute approximate surface area is 88.3 Å². The third kappa shape index (κ3) is 8.11. The van der Waals surface area contributed by atoms with Gasteiger partial charge in [-0.2, -0.15) is 4.31 Å². The monoisotopic (exact) mass is 262 g/mol. The fourth-order valence-electron chi connectivity index (χ4n) is 0.995. The fraction of sp³-hybridized carbons (Fsp3) is 1.00. The van der Waals surface area contributed by atoms with Gasteiger partial charge in [0.05, 0.1) is 6.10 Å². The molecule has 92 valence electrons. The van der Waals surface area contributed by atoms with Crippen molar-refractivity contribution in [2.45, 2.75) is 39.2 Å². The molecule has 0 radical (unpaired) electrons. The SMILES string of the molecule is CCCC(CC)OP(=O)(O)OP(=O)(O)O. The molecule has 2 unspecified atom stereocenters. The number of phosphoric acid groups is 2. The van der Waals surface area contributed by atoms with Gasteiger partial charge in [-0.05, 0) is 12.8 Å². The van der Waals surface area contributed by atoms with Crippen LogP contribution >= 0.6 is 15.6 Å². The van der Waals surface area contributed by atoms with E-state index in [2.05, 4.69) is 8.83 Å². The van der Waals surface area contributed by atoms with E-state index >= 15 is 0 Å². The molecule has 0 fully saturated rings. The van der Waals surface area contributed by atoms with Crippen LogP contribution in [0.25, 0.3) is 0 Å². The molecule has 0 aromatic rings. The van der Waals surface area contributed by atoms with E-state index in [1.165, 1.54) is 0 Å². The average molecular weight is 262 g/mol. The van der Waals surface area contributed by atoms with Crippen molar-refractivity contribution in [3.05, 3.63) is 0 Å². The van der Waals surface area contributed by atoms with Crippen molar-refractivity contribution < 1.29 is 32.6 Å². The first-order valence-electron chi connectivity index (χ1n) is 4.48. The molecule has 2 atom stereocenters. The summed E-state index contributed by atoms with van der Waals surface area (Å²) in [6, 6.07) is 0. The Bertz CT molecular complexity index is 273. The van der Waals surface area contributed by atoms with E-state index < -0.39 is 21.7 Å². The molecule has 0 aromatic heterocycles. The van der Waals surface area contributed by atoms with E-state index in [1.54, 1.807) is 6.92 Å². The summed E-state index contributed by atoms with van der Waals surface area (Å²) in [5.74, 6) is 0. The predicted octanol–water partition coefficient (Wildman–Crippen LogP) is 1.79. The van der Waals surface area contributed by atoms with E-state index in [-0.39, 0.29) is 0 Å². The Morgan fingerprint density at radius 3 is 2.07 bits per heavy atom. The highest BCUT2D eigenvalue weighted by molar-refractivity contribution is 7.60. The molecule has 3 N–H and O–H groups in total. The molecule has 0 aliphatic carbocycles. The second-order valence-electron chi connectivity index (χ2n) is 2.97. The van der Waals surface area contributed by atoms with Crippen LogP contribution in [0.15, 0.2) is 0 Å². The van der Waals surface area contributed by atoms with Gasteiger partial charge in [0.2, 0.25) is 0 Å². The van der Waals surface area contributed by atoms with Crippen molar-refractivity contribution in [1.29, 1.82) is 0 Å². The summed E-state index contributed by atoms with van der Waals surface area (Å²) in [4.78, 5) is 25.7. The van der Waals surface area contributed by atoms with Crippen molar-refractivity contribution in [3.8, 4) is 0 Å². The lowest BCUT2D eigenvalue weighted by Gasteiger charge is -2.18. The molecule has 0 rings (SSSR count). The maximum Gasteiger partial charge on any atom is 0.481 e. The maximum absolute atomic E-state index is 11.1. The van der Waals surface area contributed by atoms with Crippen molar-refractivity contribution in [2.75, 3.05) is 0 Å². The molecule has 0 bridgehead atoms. The minimum Gasteiger partial charge on any atom is -0.302 e. The molecule has 0 amide bonds. The highest BCUT2D eigenvalue weighted by Crippen LogP contribution is 2.58. The lowest BCUT2D eigenvalue weighted by atomic mass is 10.2. The van der Waals surface area contributed by atoms with Crippen LogP contribution in [0.5, 0.6) is 0 Å². The van der Waals surface area contributed by atoms with Crippen LogP contribution in [0.2, 0.25) is 0 Å². The summed E-state index contributed by atoms with van der Waals surface area (Å²) in [7, 11) is -9.69. The van der Waals surface area contributed by atoms with Crippen LogP contribution < -0.4 is 0 Å². The quantitative estimate of drug-likeness (QED) is 0.599. The zero-order valence-electron chi connectivity index (χ0n) is 8.57. The number of phosphoric ester groups is 1. The Kier molecular flexibility index (Phi) is 6.21. The second-order valence-corrected chi connectivity index (χ2v) is 5.75. The summed E-state index contributed by atoms with van der Waals surface area (Å²) < 4.78 is 29.7. The van der Waals surface area contributed by atoms with E-state index in [0.29, 0.717) is 12.8 Å². The topological polar surface area (TPSA) is 113 Å². The molecule has 0 saturated carbocycles. The van der Waals surface area contributed by atoms with Gasteiger partial charge in [0, 0.05) is 0 Å². The first-order chi connectivity index (χ1) is 6.70. The Hall–Kier alpha value is 0.260. The van der Waals surface area contributed by atoms with Crippen LogP contribution in [0.3, 0.4) is 0 Å². The van der Waals surface area contributed by atoms with Gasteiger partial charge in [0.25, 0.3) is 0 Å². The van der Waals surface area contributed by atoms with Gasteiger partial charge in [-0.15, -0.1) is 0 Å². The molecule has 15 heavy (non-hydrogen) atoms. The average Bonchev–Trinajstić information content (AvgIpc) is 1.98. The van der Waals surface area contributed by atoms with E-state index in [1.807, 2.05) is 6.92 Å². The maximum atomic E-state index is 11.1. The van der Waals surface area contributed by atoms with Crippen molar-refractivity contribution in [3.63, 3.8) is 0 Å². The lowest BCUT2D eigenvalue weighted by Crippen LogP contribution is -2.10. The van der Waals surface area contributed by atoms with Gasteiger partial charge in [-0.1, -0.05) is 20.3 Å². The normalized spacial score (nSPS) is 18.5. The molecular formula is C6H16O7P2. The molecule has 7 nitrogen and oxygen atoms in total. The molecule has 0 spiro atoms. The molecule has 0 aromatic carbocycles. The van der Waals surface area contributed by atoms with Gasteiger partial charge in [-0.25, -0.2) is 9.13 Å². The number of hydrogen-bond donors (Lipinski definition) is 3. The zero-order valence-corrected chi connectivity index (χ0v) is 10.4. The van der Waals surface area contributed by atoms with Gasteiger partial charge >= 0.3 is 15.6 Å². The largest absolute Gasteiger partial charge is 0.481 e. The highest BCUT2D eigenvalue weighted by Gasteiger charge is 2.34. The van der Waals surface area contributed by atoms with Gasteiger partial charge in [0.15, 0.2) is 0 Å². The van der Waals surface area contributed by atoms with Crippen LogP contribution in [0.1, 0.15) is 33.1 Å². The van der Waals surface area contributed by atoms with Crippen LogP contribution in [0.4, 0.5) is 0 Å². The molecule has 0 aliphatic heterocycles. The lowest BCUT2D eigenvalue weighted by molar-refractivity contribution is 0.118. The van der Waals surface area contributed by atoms with Crippen molar-refractivity contribution >= 4 is 15.6 Å². The van der Waals surface area contributed by atoms with Crippen molar-refractivity contribution in [2.24, 2.45) is 0 Å². The van der Waals surface area contributed by atoms with Crippen LogP contribution in [-0.2, 0) is 18.0 Å². The van der Waals surface area contributed by atoms with E-state index in [0.717, 1.165) is 6.42 Å². The molecular weight excluding hydrogens is 246 g/mol. The van der Waals surface area contributed by atoms with Gasteiger partial charge < -0.3 is 14.7 Å². The molecule has 9 heteroatoms. The van der Waals surface area contributed by atoms with Crippen LogP contribution in [-0.4, -0.2) is 20.8 Å². The molecule has 0 saturated heterocycles. The van der Waals surface area contributed by atoms with Crippen LogP contribution in [0, 0.1) is 0 Å². The Morgan fingerprint density at radius 2 is 1.73 bits per heavy atom. The summed E-state index contributed by atoms with van der Waals surface area (Å²) in [5.41, 5.74) is 0. The number of rotatable bonds is 7. The summed E-state index contributed by atoms with van der Waals surface area (Å²) in [5, 5.41) is 0. The third-order valence-electron chi connectivity index (χ3n) is 1.56. The Morgan fingerprint density at radius 1 is 1.20 bits per heavy atom. The first kappa shape index (κ1) is 15.3. The standard InChI is InChI=1S/C6H16O7P2/c1-3-5-6(4-2)12-15(10,11)13-14(7,8)9/h6H,3-5H2,1-2H3,(H,10,11)(H2,7,8,9). The molecule has 0 heterocycles. The first-order valence-corrected chi connectivity index (χ1v) is 7.51. The highest BCUT2D eigenvalue weighted by atomic mass is 31.3. The van der Waals surface area contributed by atoms with E-state index in [9.17, 15) is 9.13 Å². The minimum atomic E-state index is -5.01. The smallest absolute Gasteiger partial charge is 0.302 e. The summed E-state index contributed by atoms with van der Waals surface area (Å²) in [6.45, 7) is 3.59. The minimum absolute atomic E-state index is 0.461. The number of hydrogen-bond acceptors (Lipinski definition) is 4. The van der Waals surface area contributed by atoms with Gasteiger partial charge in [0.1, 0.15) is 0 Å². The second kappa shape index (κ2) is 6.11. The van der Waals surface area contributed by atoms with Crippen molar-refractivity contribution in [1.82, 2.24) is 0 Å². The molecule has 0 aliphatic rings. The van der Waals surface area contributed by atoms with Gasteiger partial charge in [-0.3, -0.25) is 4.52 Å². The zero-order chi connectivity index (χ0) is 12.1. The fourth-order valence-corrected chi connectivity index (χ4v) is 2.86. The Balaban J connectivity index is 4.35.